The molecule has 1 heterocycles. The molecule has 2 nitrogen and oxygen atoms in total. The topological polar surface area (TPSA) is 24.9 Å². The van der Waals surface area contributed by atoms with Gasteiger partial charge in [-0.2, -0.15) is 0 Å². The Morgan fingerprint density at radius 1 is 1.21 bits per heavy atom. The van der Waals surface area contributed by atoms with Crippen LogP contribution in [0.3, 0.4) is 0 Å². The molecule has 1 rings (SSSR count). The average Bonchev–Trinajstić information content (AvgIpc) is 2.50. The molecule has 1 aromatic rings. The molecule has 0 saturated carbocycles. The van der Waals surface area contributed by atoms with Gasteiger partial charge in [-0.1, -0.05) is 20.8 Å². The van der Waals surface area contributed by atoms with E-state index in [0.29, 0.717) is 17.9 Å². The van der Waals surface area contributed by atoms with Gasteiger partial charge in [0.05, 0.1) is 11.2 Å². The van der Waals surface area contributed by atoms with Crippen molar-refractivity contribution in [2.24, 2.45) is 5.92 Å². The summed E-state index contributed by atoms with van der Waals surface area (Å²) in [5.74, 6) is 1.22. The van der Waals surface area contributed by atoms with Crippen molar-refractivity contribution in [1.82, 2.24) is 4.98 Å². The number of thiazole rings is 1. The highest BCUT2D eigenvalue weighted by Gasteiger charge is 2.14. The fourth-order valence-electron chi connectivity index (χ4n) is 1.13. The van der Waals surface area contributed by atoms with Crippen LogP contribution in [0.15, 0.2) is 6.20 Å². The van der Waals surface area contributed by atoms with Crippen LogP contribution in [0.25, 0.3) is 0 Å². The van der Waals surface area contributed by atoms with Gasteiger partial charge in [-0.25, -0.2) is 4.98 Å². The monoisotopic (exact) mass is 212 g/mol. The van der Waals surface area contributed by atoms with Gasteiger partial charge in [-0.05, 0) is 19.8 Å². The van der Waals surface area contributed by atoms with Crippen LogP contribution < -0.4 is 5.32 Å². The molecule has 0 fully saturated rings. The third kappa shape index (κ3) is 2.98. The second-order valence-electron chi connectivity index (χ2n) is 4.39. The number of hydrogen-bond donors (Lipinski definition) is 1. The smallest absolute Gasteiger partial charge is 0.109 e. The Balaban J connectivity index is 2.67. The zero-order chi connectivity index (χ0) is 10.7. The molecule has 0 bridgehead atoms. The minimum absolute atomic E-state index is 0.484. The highest BCUT2D eigenvalue weighted by Crippen LogP contribution is 2.30. The van der Waals surface area contributed by atoms with Crippen LogP contribution in [0.4, 0.5) is 5.00 Å². The second kappa shape index (κ2) is 4.78. The van der Waals surface area contributed by atoms with Crippen LogP contribution in [0.1, 0.15) is 45.5 Å². The van der Waals surface area contributed by atoms with Gasteiger partial charge < -0.3 is 5.32 Å². The van der Waals surface area contributed by atoms with Crippen LogP contribution in [-0.2, 0) is 0 Å². The zero-order valence-electron chi connectivity index (χ0n) is 9.66. The minimum Gasteiger partial charge on any atom is -0.373 e. The molecule has 14 heavy (non-hydrogen) atoms. The lowest BCUT2D eigenvalue weighted by Crippen LogP contribution is -2.07. The molecule has 0 saturated heterocycles. The number of rotatable bonds is 4. The Morgan fingerprint density at radius 3 is 2.36 bits per heavy atom. The summed E-state index contributed by atoms with van der Waals surface area (Å²) in [5.41, 5.74) is 0. The molecule has 0 amide bonds. The molecule has 0 aliphatic heterocycles. The van der Waals surface area contributed by atoms with Gasteiger partial charge >= 0.3 is 0 Å². The van der Waals surface area contributed by atoms with Crippen molar-refractivity contribution in [3.05, 3.63) is 11.2 Å². The van der Waals surface area contributed by atoms with E-state index in [1.807, 2.05) is 6.20 Å². The Bertz CT molecular complexity index is 279. The minimum atomic E-state index is 0.484. The molecule has 1 atom stereocenters. The fraction of sp³-hybridized carbons (Fsp3) is 0.727. The molecule has 0 spiro atoms. The van der Waals surface area contributed by atoms with Gasteiger partial charge in [0.15, 0.2) is 0 Å². The number of anilines is 1. The van der Waals surface area contributed by atoms with E-state index in [9.17, 15) is 0 Å². The van der Waals surface area contributed by atoms with Crippen LogP contribution in [-0.4, -0.2) is 11.0 Å². The maximum atomic E-state index is 4.45. The Hall–Kier alpha value is -0.570. The first kappa shape index (κ1) is 11.5. The first-order valence-corrected chi connectivity index (χ1v) is 6.04. The number of nitrogens with zero attached hydrogens (tertiary/aromatic N) is 1. The molecular formula is C11H20N2S. The quantitative estimate of drug-likeness (QED) is 0.822. The highest BCUT2D eigenvalue weighted by atomic mass is 32.1. The number of aromatic nitrogens is 1. The summed E-state index contributed by atoms with van der Waals surface area (Å²) >= 11 is 1.78. The first-order valence-electron chi connectivity index (χ1n) is 5.23. The van der Waals surface area contributed by atoms with E-state index in [0.717, 1.165) is 0 Å². The summed E-state index contributed by atoms with van der Waals surface area (Å²) in [6, 6.07) is 0.484. The molecule has 0 aliphatic carbocycles. The Kier molecular flexibility index (Phi) is 3.93. The number of nitrogens with one attached hydrogen (secondary N) is 1. The molecular weight excluding hydrogens is 192 g/mol. The zero-order valence-corrected chi connectivity index (χ0v) is 10.5. The van der Waals surface area contributed by atoms with Crippen LogP contribution in [0.2, 0.25) is 0 Å². The van der Waals surface area contributed by atoms with Crippen molar-refractivity contribution >= 4 is 16.3 Å². The molecule has 0 aliphatic rings. The predicted octanol–water partition coefficient (Wildman–Crippen LogP) is 3.72. The maximum Gasteiger partial charge on any atom is 0.109 e. The molecule has 3 heteroatoms. The van der Waals surface area contributed by atoms with Crippen molar-refractivity contribution in [2.75, 3.05) is 5.32 Å². The van der Waals surface area contributed by atoms with E-state index in [1.54, 1.807) is 11.3 Å². The molecule has 1 aromatic heterocycles. The fourth-order valence-corrected chi connectivity index (χ4v) is 2.32. The van der Waals surface area contributed by atoms with Crippen molar-refractivity contribution in [3.8, 4) is 0 Å². The molecule has 0 radical (unpaired) electrons. The van der Waals surface area contributed by atoms with Gasteiger partial charge in [0.2, 0.25) is 0 Å². The first-order chi connectivity index (χ1) is 6.50. The van der Waals surface area contributed by atoms with Crippen molar-refractivity contribution < 1.29 is 0 Å². The van der Waals surface area contributed by atoms with E-state index in [2.05, 4.69) is 44.9 Å². The van der Waals surface area contributed by atoms with E-state index in [4.69, 9.17) is 0 Å². The summed E-state index contributed by atoms with van der Waals surface area (Å²) in [5, 5.41) is 5.80. The maximum absolute atomic E-state index is 4.45. The summed E-state index contributed by atoms with van der Waals surface area (Å²) in [4.78, 5) is 4.45. The van der Waals surface area contributed by atoms with Crippen molar-refractivity contribution in [3.63, 3.8) is 0 Å². The van der Waals surface area contributed by atoms with Crippen LogP contribution >= 0.6 is 11.3 Å². The van der Waals surface area contributed by atoms with Gasteiger partial charge in [0.1, 0.15) is 5.00 Å². The van der Waals surface area contributed by atoms with Gasteiger partial charge in [0.25, 0.3) is 0 Å². The summed E-state index contributed by atoms with van der Waals surface area (Å²) in [7, 11) is 0. The van der Waals surface area contributed by atoms with E-state index in [1.165, 1.54) is 10.0 Å². The third-order valence-corrected chi connectivity index (χ3v) is 3.47. The van der Waals surface area contributed by atoms with E-state index < -0.39 is 0 Å². The highest BCUT2D eigenvalue weighted by molar-refractivity contribution is 7.15. The van der Waals surface area contributed by atoms with Crippen LogP contribution in [0, 0.1) is 5.92 Å². The SMILES string of the molecule is CC(C)Nc1cnc(C(C)C(C)C)s1. The third-order valence-electron chi connectivity index (χ3n) is 2.34. The Labute approximate surface area is 90.8 Å². The summed E-state index contributed by atoms with van der Waals surface area (Å²) < 4.78 is 0. The normalized spacial score (nSPS) is 13.6. The standard InChI is InChI=1S/C11H20N2S/c1-7(2)9(5)11-12-6-10(14-11)13-8(3)4/h6-9,13H,1-5H3. The van der Waals surface area contributed by atoms with E-state index in [-0.39, 0.29) is 0 Å². The van der Waals surface area contributed by atoms with E-state index >= 15 is 0 Å². The lowest BCUT2D eigenvalue weighted by atomic mass is 9.99. The Morgan fingerprint density at radius 2 is 1.86 bits per heavy atom. The largest absolute Gasteiger partial charge is 0.373 e. The molecule has 0 aromatic carbocycles. The molecule has 1 N–H and O–H groups in total. The van der Waals surface area contributed by atoms with Gasteiger partial charge in [-0.3, -0.25) is 0 Å². The lowest BCUT2D eigenvalue weighted by Gasteiger charge is -2.11. The lowest BCUT2D eigenvalue weighted by molar-refractivity contribution is 0.533. The van der Waals surface area contributed by atoms with Crippen molar-refractivity contribution in [2.45, 2.75) is 46.6 Å². The molecule has 80 valence electrons. The van der Waals surface area contributed by atoms with Gasteiger partial charge in [-0.15, -0.1) is 11.3 Å². The van der Waals surface area contributed by atoms with Gasteiger partial charge in [0, 0.05) is 12.0 Å². The number of hydrogen-bond acceptors (Lipinski definition) is 3. The molecule has 1 unspecified atom stereocenters. The second-order valence-corrected chi connectivity index (χ2v) is 5.46. The summed E-state index contributed by atoms with van der Waals surface area (Å²) in [6.07, 6.45) is 1.94. The summed E-state index contributed by atoms with van der Waals surface area (Å²) in [6.45, 7) is 11.0. The van der Waals surface area contributed by atoms with Crippen molar-refractivity contribution in [1.29, 1.82) is 0 Å². The van der Waals surface area contributed by atoms with Crippen LogP contribution in [0.5, 0.6) is 0 Å². The predicted molar refractivity (Wildman–Crippen MR) is 64.1 cm³/mol. The average molecular weight is 212 g/mol.